The molecule has 2 aromatic carbocycles. The van der Waals surface area contributed by atoms with Gasteiger partial charge in [0.15, 0.2) is 5.78 Å². The second-order valence-corrected chi connectivity index (χ2v) is 8.67. The number of ether oxygens (including phenoxy) is 1. The van der Waals surface area contributed by atoms with Crippen molar-refractivity contribution in [2.45, 2.75) is 12.8 Å². The third-order valence-electron chi connectivity index (χ3n) is 6.07. The molecular formula is C28H27N3O2. The molecule has 1 aliphatic carbocycles. The van der Waals surface area contributed by atoms with E-state index in [1.54, 1.807) is 0 Å². The van der Waals surface area contributed by atoms with E-state index in [0.717, 1.165) is 57.9 Å². The van der Waals surface area contributed by atoms with Crippen LogP contribution in [0.4, 0.5) is 0 Å². The largest absolute Gasteiger partial charge is 0.492 e. The molecule has 0 saturated carbocycles. The zero-order valence-electron chi connectivity index (χ0n) is 19.0. The molecule has 2 heterocycles. The van der Waals surface area contributed by atoms with E-state index in [-0.39, 0.29) is 5.78 Å². The molecular weight excluding hydrogens is 410 g/mol. The highest BCUT2D eigenvalue weighted by Gasteiger charge is 2.20. The monoisotopic (exact) mass is 437 g/mol. The summed E-state index contributed by atoms with van der Waals surface area (Å²) in [4.78, 5) is 18.6. The molecule has 0 amide bonds. The normalized spacial score (nSPS) is 12.9. The van der Waals surface area contributed by atoms with E-state index < -0.39 is 0 Å². The molecule has 5 heteroatoms. The van der Waals surface area contributed by atoms with E-state index in [1.807, 2.05) is 56.8 Å². The number of hydrogen-bond acceptors (Lipinski definition) is 4. The van der Waals surface area contributed by atoms with Crippen molar-refractivity contribution in [2.75, 3.05) is 27.2 Å². The van der Waals surface area contributed by atoms with Crippen LogP contribution in [0.3, 0.4) is 0 Å². The molecule has 2 aromatic heterocycles. The highest BCUT2D eigenvalue weighted by Crippen LogP contribution is 2.31. The molecule has 5 nitrogen and oxygen atoms in total. The van der Waals surface area contributed by atoms with Crippen molar-refractivity contribution >= 4 is 5.78 Å². The molecule has 0 aliphatic heterocycles. The van der Waals surface area contributed by atoms with Crippen LogP contribution in [0.25, 0.3) is 28.1 Å². The molecule has 0 fully saturated rings. The number of benzene rings is 2. The molecule has 0 radical (unpaired) electrons. The molecule has 0 unspecified atom stereocenters. The summed E-state index contributed by atoms with van der Waals surface area (Å²) in [6.45, 7) is 1.55. The number of ketones is 1. The summed E-state index contributed by atoms with van der Waals surface area (Å²) in [5.74, 6) is 1.12. The van der Waals surface area contributed by atoms with Crippen molar-refractivity contribution < 1.29 is 9.53 Å². The average Bonchev–Trinajstić information content (AvgIpc) is 3.46. The van der Waals surface area contributed by atoms with E-state index in [4.69, 9.17) is 4.74 Å². The third-order valence-corrected chi connectivity index (χ3v) is 6.07. The van der Waals surface area contributed by atoms with E-state index in [2.05, 4.69) is 51.0 Å². The minimum atomic E-state index is 0.248. The molecule has 0 spiro atoms. The lowest BCUT2D eigenvalue weighted by molar-refractivity contribution is 0.0994. The second-order valence-electron chi connectivity index (χ2n) is 8.67. The Morgan fingerprint density at radius 1 is 0.939 bits per heavy atom. The van der Waals surface area contributed by atoms with Gasteiger partial charge in [0.05, 0.1) is 17.6 Å². The van der Waals surface area contributed by atoms with Gasteiger partial charge in [-0.05, 0) is 73.6 Å². The van der Waals surface area contributed by atoms with Crippen LogP contribution in [0.2, 0.25) is 0 Å². The summed E-state index contributed by atoms with van der Waals surface area (Å²) in [6, 6.07) is 20.6. The van der Waals surface area contributed by atoms with Crippen molar-refractivity contribution in [1.82, 2.24) is 14.5 Å². The van der Waals surface area contributed by atoms with Crippen molar-refractivity contribution in [3.63, 3.8) is 0 Å². The number of carbonyl (C=O) groups is 1. The Balaban J connectivity index is 1.40. The molecule has 0 N–H and O–H groups in total. The van der Waals surface area contributed by atoms with Crippen LogP contribution in [0.1, 0.15) is 22.3 Å². The number of hydrogen-bond donors (Lipinski definition) is 0. The van der Waals surface area contributed by atoms with E-state index in [0.29, 0.717) is 13.0 Å². The number of likely N-dealkylation sites (N-methyl/N-ethyl adjacent to an activating group) is 1. The van der Waals surface area contributed by atoms with Gasteiger partial charge < -0.3 is 14.2 Å². The van der Waals surface area contributed by atoms with Crippen molar-refractivity contribution in [3.05, 3.63) is 90.4 Å². The van der Waals surface area contributed by atoms with Crippen LogP contribution >= 0.6 is 0 Å². The van der Waals surface area contributed by atoms with E-state index >= 15 is 0 Å². The molecule has 0 saturated heterocycles. The summed E-state index contributed by atoms with van der Waals surface area (Å²) >= 11 is 0. The fourth-order valence-electron chi connectivity index (χ4n) is 4.26. The number of aryl methyl sites for hydroxylation is 1. The van der Waals surface area contributed by atoms with Gasteiger partial charge in [0.2, 0.25) is 0 Å². The van der Waals surface area contributed by atoms with Crippen molar-refractivity contribution in [3.8, 4) is 33.8 Å². The topological polar surface area (TPSA) is 47.4 Å². The first-order valence-corrected chi connectivity index (χ1v) is 11.3. The Hall–Kier alpha value is -3.70. The summed E-state index contributed by atoms with van der Waals surface area (Å²) in [6.07, 6.45) is 7.26. The Labute approximate surface area is 194 Å². The van der Waals surface area contributed by atoms with E-state index in [1.165, 1.54) is 0 Å². The lowest BCUT2D eigenvalue weighted by atomic mass is 10.0. The maximum Gasteiger partial charge on any atom is 0.163 e. The fourth-order valence-corrected chi connectivity index (χ4v) is 4.26. The van der Waals surface area contributed by atoms with Gasteiger partial charge in [-0.2, -0.15) is 0 Å². The lowest BCUT2D eigenvalue weighted by Gasteiger charge is -2.13. The average molecular weight is 438 g/mol. The van der Waals surface area contributed by atoms with Crippen LogP contribution in [-0.4, -0.2) is 47.5 Å². The SMILES string of the molecule is CN(C)CCOc1ccc(-c2cncc(-n3cccc3-c3ccc4c(c3)CCC4=O)c2)cc1. The Morgan fingerprint density at radius 3 is 2.58 bits per heavy atom. The summed E-state index contributed by atoms with van der Waals surface area (Å²) in [5, 5.41) is 0. The summed E-state index contributed by atoms with van der Waals surface area (Å²) in [5.41, 5.74) is 7.34. The van der Waals surface area contributed by atoms with Crippen LogP contribution in [0, 0.1) is 0 Å². The minimum Gasteiger partial charge on any atom is -0.492 e. The number of aromatic nitrogens is 2. The summed E-state index contributed by atoms with van der Waals surface area (Å²) in [7, 11) is 4.07. The first-order chi connectivity index (χ1) is 16.1. The standard InChI is InChI=1S/C28H27N3O2/c1-30(2)14-15-33-25-9-5-20(6-10-25)23-17-24(19-29-18-23)31-13-3-4-27(31)22-7-11-26-21(16-22)8-12-28(26)32/h3-7,9-11,13,16-19H,8,12,14-15H2,1-2H3. The highest BCUT2D eigenvalue weighted by molar-refractivity contribution is 6.00. The van der Waals surface area contributed by atoms with Crippen LogP contribution in [0.15, 0.2) is 79.3 Å². The highest BCUT2D eigenvalue weighted by atomic mass is 16.5. The number of nitrogens with zero attached hydrogens (tertiary/aromatic N) is 3. The van der Waals surface area contributed by atoms with Crippen LogP contribution < -0.4 is 4.74 Å². The predicted octanol–water partition coefficient (Wildman–Crippen LogP) is 5.28. The number of rotatable bonds is 7. The molecule has 0 bridgehead atoms. The Morgan fingerprint density at radius 2 is 1.76 bits per heavy atom. The minimum absolute atomic E-state index is 0.248. The predicted molar refractivity (Wildman–Crippen MR) is 131 cm³/mol. The van der Waals surface area contributed by atoms with E-state index in [9.17, 15) is 4.79 Å². The maximum atomic E-state index is 12.0. The van der Waals surface area contributed by atoms with Gasteiger partial charge in [0.25, 0.3) is 0 Å². The quantitative estimate of drug-likeness (QED) is 0.395. The van der Waals surface area contributed by atoms with Gasteiger partial charge in [-0.15, -0.1) is 0 Å². The molecule has 5 rings (SSSR count). The van der Waals surface area contributed by atoms with Gasteiger partial charge in [-0.1, -0.05) is 24.3 Å². The molecule has 33 heavy (non-hydrogen) atoms. The van der Waals surface area contributed by atoms with Crippen LogP contribution in [0.5, 0.6) is 5.75 Å². The van der Waals surface area contributed by atoms with Gasteiger partial charge >= 0.3 is 0 Å². The summed E-state index contributed by atoms with van der Waals surface area (Å²) < 4.78 is 7.96. The first kappa shape index (κ1) is 21.2. The molecule has 1 aliphatic rings. The van der Waals surface area contributed by atoms with Gasteiger partial charge in [0, 0.05) is 36.5 Å². The van der Waals surface area contributed by atoms with Crippen LogP contribution in [-0.2, 0) is 6.42 Å². The maximum absolute atomic E-state index is 12.0. The number of carbonyl (C=O) groups excluding carboxylic acids is 1. The first-order valence-electron chi connectivity index (χ1n) is 11.3. The molecule has 4 aromatic rings. The Kier molecular flexibility index (Phi) is 5.80. The smallest absolute Gasteiger partial charge is 0.163 e. The molecule has 166 valence electrons. The number of pyridine rings is 1. The second kappa shape index (κ2) is 9.04. The molecule has 0 atom stereocenters. The Bertz CT molecular complexity index is 1290. The fraction of sp³-hybridized carbons (Fsp3) is 0.214. The number of fused-ring (bicyclic) bond motifs is 1. The van der Waals surface area contributed by atoms with Gasteiger partial charge in [-0.3, -0.25) is 9.78 Å². The lowest BCUT2D eigenvalue weighted by Crippen LogP contribution is -2.19. The zero-order valence-corrected chi connectivity index (χ0v) is 19.0. The van der Waals surface area contributed by atoms with Crippen molar-refractivity contribution in [2.24, 2.45) is 0 Å². The van der Waals surface area contributed by atoms with Gasteiger partial charge in [0.1, 0.15) is 12.4 Å². The number of Topliss-reactive ketones (excluding diaryl/α,β-unsaturated/α-hetero) is 1. The zero-order chi connectivity index (χ0) is 22.8. The van der Waals surface area contributed by atoms with Gasteiger partial charge in [-0.25, -0.2) is 0 Å². The van der Waals surface area contributed by atoms with Crippen molar-refractivity contribution in [1.29, 1.82) is 0 Å². The third kappa shape index (κ3) is 4.45.